The topological polar surface area (TPSA) is 100 Å². The zero-order valence-corrected chi connectivity index (χ0v) is 17.9. The lowest BCUT2D eigenvalue weighted by molar-refractivity contribution is -0.137. The number of thiazole rings is 1. The molecule has 0 spiro atoms. The molecule has 3 rings (SSSR count). The number of alkyl halides is 3. The average Bonchev–Trinajstić information content (AvgIpc) is 3.23. The maximum Gasteiger partial charge on any atom is 0.416 e. The second-order valence-corrected chi connectivity index (χ2v) is 7.68. The maximum atomic E-state index is 12.6. The molecule has 7 nitrogen and oxygen atoms in total. The molecule has 0 aliphatic rings. The highest BCUT2D eigenvalue weighted by molar-refractivity contribution is 7.14. The van der Waals surface area contributed by atoms with E-state index >= 15 is 0 Å². The van der Waals surface area contributed by atoms with Gasteiger partial charge in [0.2, 0.25) is 5.91 Å². The lowest BCUT2D eigenvalue weighted by Crippen LogP contribution is -2.35. The number of amides is 3. The minimum atomic E-state index is -4.47. The van der Waals surface area contributed by atoms with Crippen molar-refractivity contribution in [1.82, 2.24) is 15.6 Å². The molecule has 0 atom stereocenters. The summed E-state index contributed by atoms with van der Waals surface area (Å²) in [6.45, 7) is 0.230. The summed E-state index contributed by atoms with van der Waals surface area (Å²) in [5.41, 5.74) is 0.220. The molecule has 0 fully saturated rings. The van der Waals surface area contributed by atoms with Gasteiger partial charge in [0.15, 0.2) is 5.13 Å². The molecule has 172 valence electrons. The van der Waals surface area contributed by atoms with E-state index in [1.165, 1.54) is 11.3 Å². The fourth-order valence-electron chi connectivity index (χ4n) is 2.72. The smallest absolute Gasteiger partial charge is 0.354 e. The predicted molar refractivity (Wildman–Crippen MR) is 117 cm³/mol. The summed E-state index contributed by atoms with van der Waals surface area (Å²) in [6.07, 6.45) is -4.48. The summed E-state index contributed by atoms with van der Waals surface area (Å²) in [5, 5.41) is 9.84. The standard InChI is InChI=1S/C22H19F3N4O3S/c23-22(24,25)16-8-6-15(7-9-16)19(31)27-11-10-26-18(30)12-17-13-33-21(28-17)29-20(32)14-4-2-1-3-5-14/h1-9,13H,10-12H2,(H,26,30)(H,27,31)(H,28,29,32). The van der Waals surface area contributed by atoms with Crippen molar-refractivity contribution in [3.05, 3.63) is 82.4 Å². The van der Waals surface area contributed by atoms with Gasteiger partial charge >= 0.3 is 6.18 Å². The molecule has 3 aromatic rings. The van der Waals surface area contributed by atoms with Crippen LogP contribution in [0.1, 0.15) is 32.0 Å². The van der Waals surface area contributed by atoms with Crippen LogP contribution in [0.4, 0.5) is 18.3 Å². The Bertz CT molecular complexity index is 1120. The Morgan fingerprint density at radius 3 is 2.15 bits per heavy atom. The predicted octanol–water partition coefficient (Wildman–Crippen LogP) is 3.50. The van der Waals surface area contributed by atoms with Crippen LogP contribution in [0.3, 0.4) is 0 Å². The fourth-order valence-corrected chi connectivity index (χ4v) is 3.43. The molecule has 0 radical (unpaired) electrons. The third-order valence-corrected chi connectivity index (χ3v) is 5.16. The molecule has 0 aliphatic heterocycles. The van der Waals surface area contributed by atoms with Gasteiger partial charge in [0.25, 0.3) is 11.8 Å². The van der Waals surface area contributed by atoms with Crippen LogP contribution >= 0.6 is 11.3 Å². The van der Waals surface area contributed by atoms with E-state index in [0.29, 0.717) is 16.4 Å². The van der Waals surface area contributed by atoms with E-state index in [4.69, 9.17) is 0 Å². The highest BCUT2D eigenvalue weighted by Gasteiger charge is 2.30. The number of halogens is 3. The molecule has 0 saturated carbocycles. The number of anilines is 1. The maximum absolute atomic E-state index is 12.6. The van der Waals surface area contributed by atoms with E-state index in [1.807, 2.05) is 0 Å². The molecule has 3 amide bonds. The van der Waals surface area contributed by atoms with E-state index in [-0.39, 0.29) is 36.9 Å². The normalized spacial score (nSPS) is 11.0. The van der Waals surface area contributed by atoms with Crippen LogP contribution < -0.4 is 16.0 Å². The van der Waals surface area contributed by atoms with Gasteiger partial charge in [-0.25, -0.2) is 4.98 Å². The summed E-state index contributed by atoms with van der Waals surface area (Å²) in [7, 11) is 0. The molecule has 0 bridgehead atoms. The first-order valence-electron chi connectivity index (χ1n) is 9.75. The number of hydrogen-bond acceptors (Lipinski definition) is 5. The number of carbonyl (C=O) groups excluding carboxylic acids is 3. The fraction of sp³-hybridized carbons (Fsp3) is 0.182. The van der Waals surface area contributed by atoms with Crippen LogP contribution in [0, 0.1) is 0 Å². The van der Waals surface area contributed by atoms with Crippen LogP contribution in [0.2, 0.25) is 0 Å². The van der Waals surface area contributed by atoms with Crippen molar-refractivity contribution in [3.63, 3.8) is 0 Å². The number of nitrogens with one attached hydrogen (secondary N) is 3. The monoisotopic (exact) mass is 476 g/mol. The Hall–Kier alpha value is -3.73. The zero-order valence-electron chi connectivity index (χ0n) is 17.1. The van der Waals surface area contributed by atoms with E-state index < -0.39 is 17.6 Å². The molecule has 0 unspecified atom stereocenters. The minimum Gasteiger partial charge on any atom is -0.354 e. The van der Waals surface area contributed by atoms with Gasteiger partial charge in [-0.05, 0) is 36.4 Å². The second-order valence-electron chi connectivity index (χ2n) is 6.82. The first kappa shape index (κ1) is 23.9. The lowest BCUT2D eigenvalue weighted by atomic mass is 10.1. The van der Waals surface area contributed by atoms with E-state index in [9.17, 15) is 27.6 Å². The molecular weight excluding hydrogens is 457 g/mol. The number of nitrogens with zero attached hydrogens (tertiary/aromatic N) is 1. The van der Waals surface area contributed by atoms with Crippen molar-refractivity contribution < 1.29 is 27.6 Å². The van der Waals surface area contributed by atoms with Crippen molar-refractivity contribution in [1.29, 1.82) is 0 Å². The van der Waals surface area contributed by atoms with Gasteiger partial charge in [0, 0.05) is 29.6 Å². The average molecular weight is 476 g/mol. The van der Waals surface area contributed by atoms with Gasteiger partial charge in [-0.3, -0.25) is 19.7 Å². The van der Waals surface area contributed by atoms with Crippen LogP contribution in [0.25, 0.3) is 0 Å². The van der Waals surface area contributed by atoms with E-state index in [1.54, 1.807) is 35.7 Å². The van der Waals surface area contributed by atoms with Gasteiger partial charge in [0.1, 0.15) is 0 Å². The van der Waals surface area contributed by atoms with Crippen molar-refractivity contribution >= 4 is 34.2 Å². The van der Waals surface area contributed by atoms with Crippen molar-refractivity contribution in [2.24, 2.45) is 0 Å². The molecule has 11 heteroatoms. The van der Waals surface area contributed by atoms with Gasteiger partial charge in [-0.2, -0.15) is 13.2 Å². The van der Waals surface area contributed by atoms with Crippen LogP contribution in [0.5, 0.6) is 0 Å². The third-order valence-electron chi connectivity index (χ3n) is 4.36. The van der Waals surface area contributed by atoms with Gasteiger partial charge < -0.3 is 10.6 Å². The number of hydrogen-bond donors (Lipinski definition) is 3. The lowest BCUT2D eigenvalue weighted by Gasteiger charge is -2.09. The highest BCUT2D eigenvalue weighted by atomic mass is 32.1. The van der Waals surface area contributed by atoms with Crippen molar-refractivity contribution in [2.75, 3.05) is 18.4 Å². The quantitative estimate of drug-likeness (QED) is 0.433. The number of rotatable bonds is 8. The van der Waals surface area contributed by atoms with Gasteiger partial charge in [-0.1, -0.05) is 18.2 Å². The Morgan fingerprint density at radius 1 is 0.848 bits per heavy atom. The summed E-state index contributed by atoms with van der Waals surface area (Å²) in [5.74, 6) is -1.17. The van der Waals surface area contributed by atoms with Crippen molar-refractivity contribution in [2.45, 2.75) is 12.6 Å². The van der Waals surface area contributed by atoms with Gasteiger partial charge in [-0.15, -0.1) is 11.3 Å². The first-order chi connectivity index (χ1) is 15.7. The SMILES string of the molecule is O=C(Cc1csc(NC(=O)c2ccccc2)n1)NCCNC(=O)c1ccc(C(F)(F)F)cc1. The number of benzene rings is 2. The molecule has 0 aliphatic carbocycles. The Balaban J connectivity index is 1.38. The van der Waals surface area contributed by atoms with Crippen LogP contribution in [-0.2, 0) is 17.4 Å². The van der Waals surface area contributed by atoms with Crippen LogP contribution in [0.15, 0.2) is 60.0 Å². The minimum absolute atomic E-state index is 0.00937. The number of aromatic nitrogens is 1. The largest absolute Gasteiger partial charge is 0.416 e. The van der Waals surface area contributed by atoms with E-state index in [0.717, 1.165) is 24.3 Å². The van der Waals surface area contributed by atoms with Gasteiger partial charge in [0.05, 0.1) is 17.7 Å². The molecular formula is C22H19F3N4O3S. The highest BCUT2D eigenvalue weighted by Crippen LogP contribution is 2.29. The molecule has 1 heterocycles. The third kappa shape index (κ3) is 7.14. The Kier molecular flexibility index (Phi) is 7.78. The zero-order chi connectivity index (χ0) is 23.8. The molecule has 0 saturated heterocycles. The summed E-state index contributed by atoms with van der Waals surface area (Å²) >= 11 is 1.20. The summed E-state index contributed by atoms with van der Waals surface area (Å²) in [6, 6.07) is 12.5. The second kappa shape index (κ2) is 10.7. The number of carbonyl (C=O) groups is 3. The van der Waals surface area contributed by atoms with E-state index in [2.05, 4.69) is 20.9 Å². The van der Waals surface area contributed by atoms with Crippen molar-refractivity contribution in [3.8, 4) is 0 Å². The summed E-state index contributed by atoms with van der Waals surface area (Å²) in [4.78, 5) is 40.4. The first-order valence-corrected chi connectivity index (χ1v) is 10.6. The van der Waals surface area contributed by atoms with Crippen LogP contribution in [-0.4, -0.2) is 35.8 Å². The molecule has 2 aromatic carbocycles. The molecule has 3 N–H and O–H groups in total. The molecule has 33 heavy (non-hydrogen) atoms. The summed E-state index contributed by atoms with van der Waals surface area (Å²) < 4.78 is 37.7. The molecule has 1 aromatic heterocycles. The Labute approximate surface area is 191 Å². The Morgan fingerprint density at radius 2 is 1.48 bits per heavy atom.